The van der Waals surface area contributed by atoms with E-state index >= 15 is 0 Å². The average Bonchev–Trinajstić information content (AvgIpc) is 2.85. The van der Waals surface area contributed by atoms with Crippen molar-refractivity contribution in [1.29, 1.82) is 0 Å². The molecule has 21 heavy (non-hydrogen) atoms. The van der Waals surface area contributed by atoms with Gasteiger partial charge in [0.1, 0.15) is 17.1 Å². The van der Waals surface area contributed by atoms with Gasteiger partial charge in [0, 0.05) is 12.8 Å². The number of rotatable bonds is 7. The van der Waals surface area contributed by atoms with Gasteiger partial charge in [0.25, 0.3) is 0 Å². The zero-order valence-corrected chi connectivity index (χ0v) is 12.2. The van der Waals surface area contributed by atoms with Gasteiger partial charge in [0.2, 0.25) is 0 Å². The fourth-order valence-corrected chi connectivity index (χ4v) is 2.15. The molecule has 1 heterocycles. The highest BCUT2D eigenvalue weighted by Gasteiger charge is 2.13. The van der Waals surface area contributed by atoms with Gasteiger partial charge in [0.05, 0.1) is 13.2 Å². The van der Waals surface area contributed by atoms with Gasteiger partial charge in [-0.25, -0.2) is 4.79 Å². The van der Waals surface area contributed by atoms with Crippen molar-refractivity contribution in [3.63, 3.8) is 0 Å². The van der Waals surface area contributed by atoms with Crippen LogP contribution in [0.5, 0.6) is 0 Å². The molecule has 0 aliphatic carbocycles. The van der Waals surface area contributed by atoms with E-state index in [1.807, 2.05) is 24.3 Å². The summed E-state index contributed by atoms with van der Waals surface area (Å²) in [4.78, 5) is 11.0. The Kier molecular flexibility index (Phi) is 5.00. The van der Waals surface area contributed by atoms with Crippen LogP contribution in [-0.2, 0) is 17.7 Å². The standard InChI is InChI=1S/C16H19NO4/c1-11-14(16(18)19)9-13(21-11)10-17-15-6-4-3-5-12(15)7-8-20-2/h3-6,9,17H,7-8,10H2,1-2H3,(H,18,19). The van der Waals surface area contributed by atoms with Gasteiger partial charge in [-0.05, 0) is 31.0 Å². The lowest BCUT2D eigenvalue weighted by Crippen LogP contribution is -2.03. The molecule has 0 aliphatic rings. The maximum absolute atomic E-state index is 11.0. The molecular weight excluding hydrogens is 270 g/mol. The second kappa shape index (κ2) is 6.95. The van der Waals surface area contributed by atoms with Gasteiger partial charge < -0.3 is 19.6 Å². The predicted octanol–water partition coefficient (Wildman–Crippen LogP) is 3.09. The molecule has 1 aromatic heterocycles. The van der Waals surface area contributed by atoms with Crippen LogP contribution in [0.25, 0.3) is 0 Å². The number of carboxylic acids is 1. The summed E-state index contributed by atoms with van der Waals surface area (Å²) < 4.78 is 10.5. The molecule has 112 valence electrons. The van der Waals surface area contributed by atoms with Crippen molar-refractivity contribution in [2.24, 2.45) is 0 Å². The molecule has 0 unspecified atom stereocenters. The van der Waals surface area contributed by atoms with Crippen LogP contribution in [0.1, 0.15) is 27.4 Å². The average molecular weight is 289 g/mol. The molecule has 0 saturated carbocycles. The van der Waals surface area contributed by atoms with Crippen LogP contribution in [0.15, 0.2) is 34.7 Å². The number of furan rings is 1. The molecule has 5 heteroatoms. The molecule has 0 radical (unpaired) electrons. The minimum atomic E-state index is -0.969. The lowest BCUT2D eigenvalue weighted by molar-refractivity contribution is 0.0695. The van der Waals surface area contributed by atoms with Crippen LogP contribution in [0.2, 0.25) is 0 Å². The Balaban J connectivity index is 2.06. The number of aromatic carboxylic acids is 1. The van der Waals surface area contributed by atoms with Crippen molar-refractivity contribution < 1.29 is 19.1 Å². The van der Waals surface area contributed by atoms with E-state index < -0.39 is 5.97 Å². The molecule has 0 fully saturated rings. The molecule has 5 nitrogen and oxygen atoms in total. The monoisotopic (exact) mass is 289 g/mol. The number of anilines is 1. The van der Waals surface area contributed by atoms with Gasteiger partial charge in [-0.3, -0.25) is 0 Å². The van der Waals surface area contributed by atoms with E-state index in [0.717, 1.165) is 17.7 Å². The summed E-state index contributed by atoms with van der Waals surface area (Å²) in [5.41, 5.74) is 2.36. The highest BCUT2D eigenvalue weighted by atomic mass is 16.5. The van der Waals surface area contributed by atoms with Gasteiger partial charge >= 0.3 is 5.97 Å². The Morgan fingerprint density at radius 3 is 2.81 bits per heavy atom. The van der Waals surface area contributed by atoms with E-state index in [1.165, 1.54) is 0 Å². The van der Waals surface area contributed by atoms with Crippen LogP contribution < -0.4 is 5.32 Å². The second-order valence-corrected chi connectivity index (χ2v) is 4.74. The quantitative estimate of drug-likeness (QED) is 0.819. The summed E-state index contributed by atoms with van der Waals surface area (Å²) in [5.74, 6) is 0.0569. The molecule has 0 atom stereocenters. The summed E-state index contributed by atoms with van der Waals surface area (Å²) in [7, 11) is 1.68. The predicted molar refractivity (Wildman–Crippen MR) is 79.8 cm³/mol. The second-order valence-electron chi connectivity index (χ2n) is 4.74. The molecule has 0 amide bonds. The fourth-order valence-electron chi connectivity index (χ4n) is 2.15. The number of carboxylic acid groups (broad SMARTS) is 1. The van der Waals surface area contributed by atoms with Crippen LogP contribution in [0, 0.1) is 6.92 Å². The number of para-hydroxylation sites is 1. The van der Waals surface area contributed by atoms with E-state index in [4.69, 9.17) is 14.3 Å². The molecule has 0 aliphatic heterocycles. The molecular formula is C16H19NO4. The highest BCUT2D eigenvalue weighted by Crippen LogP contribution is 2.19. The van der Waals surface area contributed by atoms with Crippen LogP contribution in [-0.4, -0.2) is 24.8 Å². The normalized spacial score (nSPS) is 10.6. The number of carbonyl (C=O) groups is 1. The van der Waals surface area contributed by atoms with E-state index in [1.54, 1.807) is 20.1 Å². The maximum atomic E-state index is 11.0. The minimum Gasteiger partial charge on any atom is -0.478 e. The van der Waals surface area contributed by atoms with Crippen LogP contribution in [0.3, 0.4) is 0 Å². The van der Waals surface area contributed by atoms with E-state index in [9.17, 15) is 4.79 Å². The molecule has 0 saturated heterocycles. The van der Waals surface area contributed by atoms with Gasteiger partial charge in [-0.15, -0.1) is 0 Å². The molecule has 0 bridgehead atoms. The topological polar surface area (TPSA) is 71.7 Å². The smallest absolute Gasteiger partial charge is 0.339 e. The fraction of sp³-hybridized carbons (Fsp3) is 0.312. The lowest BCUT2D eigenvalue weighted by Gasteiger charge is -2.10. The number of hydrogen-bond acceptors (Lipinski definition) is 4. The molecule has 2 N–H and O–H groups in total. The van der Waals surface area contributed by atoms with E-state index in [-0.39, 0.29) is 5.56 Å². The molecule has 2 rings (SSSR count). The Labute approximate surface area is 123 Å². The first-order valence-corrected chi connectivity index (χ1v) is 6.75. The molecule has 0 spiro atoms. The SMILES string of the molecule is COCCc1ccccc1NCc1cc(C(=O)O)c(C)o1. The number of methoxy groups -OCH3 is 1. The number of aryl methyl sites for hydroxylation is 1. The molecule has 2 aromatic rings. The Bertz CT molecular complexity index is 618. The zero-order valence-electron chi connectivity index (χ0n) is 12.2. The van der Waals surface area contributed by atoms with Crippen LogP contribution in [0.4, 0.5) is 5.69 Å². The van der Waals surface area contributed by atoms with Crippen molar-refractivity contribution in [1.82, 2.24) is 0 Å². The third-order valence-corrected chi connectivity index (χ3v) is 3.25. The number of nitrogens with one attached hydrogen (secondary N) is 1. The molecule has 1 aromatic carbocycles. The summed E-state index contributed by atoms with van der Waals surface area (Å²) >= 11 is 0. The van der Waals surface area contributed by atoms with Crippen molar-refractivity contribution in [2.45, 2.75) is 19.9 Å². The van der Waals surface area contributed by atoms with E-state index in [2.05, 4.69) is 5.32 Å². The summed E-state index contributed by atoms with van der Waals surface area (Å²) in [6, 6.07) is 9.52. The lowest BCUT2D eigenvalue weighted by atomic mass is 10.1. The summed E-state index contributed by atoms with van der Waals surface area (Å²) in [6.07, 6.45) is 0.817. The maximum Gasteiger partial charge on any atom is 0.339 e. The zero-order chi connectivity index (χ0) is 15.2. The highest BCUT2D eigenvalue weighted by molar-refractivity contribution is 5.88. The summed E-state index contributed by atoms with van der Waals surface area (Å²) in [5, 5.41) is 12.3. The Hall–Kier alpha value is -2.27. The first kappa shape index (κ1) is 15.1. The van der Waals surface area contributed by atoms with Crippen LogP contribution >= 0.6 is 0 Å². The third kappa shape index (κ3) is 3.86. The van der Waals surface area contributed by atoms with Crippen molar-refractivity contribution in [3.8, 4) is 0 Å². The minimum absolute atomic E-state index is 0.208. The largest absolute Gasteiger partial charge is 0.478 e. The van der Waals surface area contributed by atoms with Gasteiger partial charge in [-0.2, -0.15) is 0 Å². The first-order valence-electron chi connectivity index (χ1n) is 6.75. The number of ether oxygens (including phenoxy) is 1. The van der Waals surface area contributed by atoms with Crippen molar-refractivity contribution in [3.05, 3.63) is 53.0 Å². The van der Waals surface area contributed by atoms with Crippen molar-refractivity contribution >= 4 is 11.7 Å². The third-order valence-electron chi connectivity index (χ3n) is 3.25. The first-order chi connectivity index (χ1) is 10.1. The van der Waals surface area contributed by atoms with Gasteiger partial charge in [0.15, 0.2) is 0 Å². The van der Waals surface area contributed by atoms with E-state index in [0.29, 0.717) is 24.7 Å². The summed E-state index contributed by atoms with van der Waals surface area (Å²) in [6.45, 7) is 2.75. The van der Waals surface area contributed by atoms with Crippen molar-refractivity contribution in [2.75, 3.05) is 19.0 Å². The van der Waals surface area contributed by atoms with Gasteiger partial charge in [-0.1, -0.05) is 18.2 Å². The Morgan fingerprint density at radius 1 is 1.38 bits per heavy atom. The Morgan fingerprint density at radius 2 is 2.14 bits per heavy atom. The number of hydrogen-bond donors (Lipinski definition) is 2. The number of benzene rings is 1.